The molecule has 0 fully saturated rings. The number of carbonyl (C=O) groups excluding carboxylic acids is 1. The minimum absolute atomic E-state index is 0.0459. The molecule has 0 aliphatic carbocycles. The van der Waals surface area contributed by atoms with Crippen LogP contribution in [0.3, 0.4) is 0 Å². The van der Waals surface area contributed by atoms with Crippen molar-refractivity contribution in [1.82, 2.24) is 4.98 Å². The Morgan fingerprint density at radius 1 is 1.35 bits per heavy atom. The van der Waals surface area contributed by atoms with Crippen LogP contribution in [0.2, 0.25) is 0 Å². The summed E-state index contributed by atoms with van der Waals surface area (Å²) in [5.74, 6) is -0.351. The highest BCUT2D eigenvalue weighted by atomic mass is 127. The van der Waals surface area contributed by atoms with E-state index >= 15 is 0 Å². The summed E-state index contributed by atoms with van der Waals surface area (Å²) in [6.45, 7) is 1.52. The maximum atomic E-state index is 12.0. The van der Waals surface area contributed by atoms with Gasteiger partial charge in [-0.1, -0.05) is 11.3 Å². The fourth-order valence-corrected chi connectivity index (χ4v) is 3.68. The number of amides is 1. The molecule has 3 N–H and O–H groups in total. The molecule has 0 aliphatic heterocycles. The third-order valence-corrected chi connectivity index (χ3v) is 5.69. The molecule has 6 nitrogen and oxygen atoms in total. The van der Waals surface area contributed by atoms with Crippen LogP contribution >= 0.6 is 33.9 Å². The number of thiazole rings is 1. The monoisotopic (exact) mass is 423 g/mol. The minimum Gasteiger partial charge on any atom is -0.298 e. The molecule has 1 aromatic heterocycles. The number of carbonyl (C=O) groups is 1. The van der Waals surface area contributed by atoms with Gasteiger partial charge in [0.15, 0.2) is 9.34 Å². The number of hydrogen-bond acceptors (Lipinski definition) is 5. The lowest BCUT2D eigenvalue weighted by atomic mass is 10.2. The molecule has 0 saturated heterocycles. The first-order valence-electron chi connectivity index (χ1n) is 5.34. The number of nitrogens with zero attached hydrogens (tertiary/aromatic N) is 1. The van der Waals surface area contributed by atoms with Gasteiger partial charge >= 0.3 is 0 Å². The molecular formula is C11H10IN3O3S2. The number of rotatable bonds is 3. The first-order chi connectivity index (χ1) is 9.27. The van der Waals surface area contributed by atoms with E-state index in [1.165, 1.54) is 6.92 Å². The third kappa shape index (κ3) is 3.53. The summed E-state index contributed by atoms with van der Waals surface area (Å²) in [5, 5.41) is 7.82. The molecule has 1 aromatic carbocycles. The molecule has 20 heavy (non-hydrogen) atoms. The van der Waals surface area contributed by atoms with Gasteiger partial charge in [-0.15, -0.1) is 0 Å². The number of primary sulfonamides is 1. The topological polar surface area (TPSA) is 102 Å². The third-order valence-electron chi connectivity index (χ3n) is 2.34. The van der Waals surface area contributed by atoms with Crippen molar-refractivity contribution in [3.8, 4) is 0 Å². The SMILES string of the molecule is Cc1nc(NC(=O)c2ccc(I)cc2)sc1S(N)(=O)=O. The molecule has 1 heterocycles. The van der Waals surface area contributed by atoms with Crippen molar-refractivity contribution in [1.29, 1.82) is 0 Å². The van der Waals surface area contributed by atoms with E-state index in [0.717, 1.165) is 14.9 Å². The van der Waals surface area contributed by atoms with E-state index in [2.05, 4.69) is 32.9 Å². The fraction of sp³-hybridized carbons (Fsp3) is 0.0909. The summed E-state index contributed by atoms with van der Waals surface area (Å²) in [7, 11) is -3.81. The average molecular weight is 423 g/mol. The quantitative estimate of drug-likeness (QED) is 0.737. The van der Waals surface area contributed by atoms with Crippen molar-refractivity contribution in [2.24, 2.45) is 5.14 Å². The lowest BCUT2D eigenvalue weighted by Gasteiger charge is -2.01. The number of halogens is 1. The van der Waals surface area contributed by atoms with Gasteiger partial charge in [0.1, 0.15) is 0 Å². The number of nitrogens with two attached hydrogens (primary N) is 1. The van der Waals surface area contributed by atoms with E-state index in [1.54, 1.807) is 24.3 Å². The molecular weight excluding hydrogens is 413 g/mol. The number of aryl methyl sites for hydroxylation is 1. The van der Waals surface area contributed by atoms with Crippen molar-refractivity contribution in [3.63, 3.8) is 0 Å². The van der Waals surface area contributed by atoms with Crippen molar-refractivity contribution in [2.45, 2.75) is 11.1 Å². The Labute approximate surface area is 133 Å². The lowest BCUT2D eigenvalue weighted by Crippen LogP contribution is -2.11. The molecule has 2 aromatic rings. The number of nitrogens with one attached hydrogen (secondary N) is 1. The van der Waals surface area contributed by atoms with Crippen LogP contribution in [0, 0.1) is 10.5 Å². The normalized spacial score (nSPS) is 11.3. The van der Waals surface area contributed by atoms with Crippen LogP contribution in [0.4, 0.5) is 5.13 Å². The van der Waals surface area contributed by atoms with Gasteiger partial charge < -0.3 is 0 Å². The summed E-state index contributed by atoms with van der Waals surface area (Å²) < 4.78 is 23.6. The van der Waals surface area contributed by atoms with E-state index in [9.17, 15) is 13.2 Å². The van der Waals surface area contributed by atoms with Gasteiger partial charge in [0.2, 0.25) is 10.0 Å². The van der Waals surface area contributed by atoms with Crippen LogP contribution in [-0.2, 0) is 10.0 Å². The molecule has 2 rings (SSSR count). The van der Waals surface area contributed by atoms with Crippen LogP contribution in [0.15, 0.2) is 28.5 Å². The summed E-state index contributed by atoms with van der Waals surface area (Å²) in [6.07, 6.45) is 0. The lowest BCUT2D eigenvalue weighted by molar-refractivity contribution is 0.102. The first-order valence-corrected chi connectivity index (χ1v) is 8.78. The van der Waals surface area contributed by atoms with E-state index in [1.807, 2.05) is 0 Å². The van der Waals surface area contributed by atoms with E-state index in [0.29, 0.717) is 5.56 Å². The fourth-order valence-electron chi connectivity index (χ4n) is 1.47. The van der Waals surface area contributed by atoms with Gasteiger partial charge in [0.05, 0.1) is 5.69 Å². The predicted molar refractivity (Wildman–Crippen MR) is 85.3 cm³/mol. The number of hydrogen-bond donors (Lipinski definition) is 2. The zero-order valence-corrected chi connectivity index (χ0v) is 14.0. The molecule has 0 unspecified atom stereocenters. The van der Waals surface area contributed by atoms with E-state index in [4.69, 9.17) is 5.14 Å². The highest BCUT2D eigenvalue weighted by Gasteiger charge is 2.19. The Morgan fingerprint density at radius 2 is 1.95 bits per heavy atom. The summed E-state index contributed by atoms with van der Waals surface area (Å²) in [5.41, 5.74) is 0.742. The van der Waals surface area contributed by atoms with Crippen LogP contribution in [0.25, 0.3) is 0 Å². The number of sulfonamides is 1. The Hall–Kier alpha value is -1.04. The Morgan fingerprint density at radius 3 is 2.45 bits per heavy atom. The van der Waals surface area contributed by atoms with Crippen molar-refractivity contribution in [2.75, 3.05) is 5.32 Å². The Kier molecular flexibility index (Phi) is 4.42. The zero-order valence-electron chi connectivity index (χ0n) is 10.3. The van der Waals surface area contributed by atoms with Crippen molar-refractivity contribution < 1.29 is 13.2 Å². The maximum Gasteiger partial charge on any atom is 0.257 e. The highest BCUT2D eigenvalue weighted by molar-refractivity contribution is 14.1. The average Bonchev–Trinajstić information content (AvgIpc) is 2.70. The number of benzene rings is 1. The van der Waals surface area contributed by atoms with Crippen LogP contribution in [0.1, 0.15) is 16.1 Å². The standard InChI is InChI=1S/C11H10IN3O3S2/c1-6-10(20(13,17)18)19-11(14-6)15-9(16)7-2-4-8(12)5-3-7/h2-5H,1H3,(H2,13,17,18)(H,14,15,16). The largest absolute Gasteiger partial charge is 0.298 e. The van der Waals surface area contributed by atoms with Gasteiger partial charge in [0, 0.05) is 9.13 Å². The first kappa shape index (κ1) is 15.4. The maximum absolute atomic E-state index is 12.0. The van der Waals surface area contributed by atoms with Gasteiger partial charge in [-0.3, -0.25) is 10.1 Å². The second-order valence-electron chi connectivity index (χ2n) is 3.90. The molecule has 0 atom stereocenters. The molecule has 106 valence electrons. The van der Waals surface area contributed by atoms with Crippen molar-refractivity contribution in [3.05, 3.63) is 39.1 Å². The van der Waals surface area contributed by atoms with Crippen LogP contribution in [-0.4, -0.2) is 19.3 Å². The second-order valence-corrected chi connectivity index (χ2v) is 7.90. The highest BCUT2D eigenvalue weighted by Crippen LogP contribution is 2.26. The predicted octanol–water partition coefficient (Wildman–Crippen LogP) is 1.96. The zero-order chi connectivity index (χ0) is 14.9. The molecule has 1 amide bonds. The van der Waals surface area contributed by atoms with Crippen molar-refractivity contribution >= 4 is 55.0 Å². The van der Waals surface area contributed by atoms with E-state index < -0.39 is 10.0 Å². The molecule has 0 saturated carbocycles. The summed E-state index contributed by atoms with van der Waals surface area (Å²) >= 11 is 2.97. The number of anilines is 1. The summed E-state index contributed by atoms with van der Waals surface area (Å²) in [6, 6.07) is 6.97. The van der Waals surface area contributed by atoms with Gasteiger partial charge in [-0.25, -0.2) is 18.5 Å². The molecule has 9 heteroatoms. The number of aromatic nitrogens is 1. The second kappa shape index (κ2) is 5.76. The van der Waals surface area contributed by atoms with Gasteiger partial charge in [-0.05, 0) is 53.8 Å². The van der Waals surface area contributed by atoms with E-state index in [-0.39, 0.29) is 20.9 Å². The Balaban J connectivity index is 2.23. The summed E-state index contributed by atoms with van der Waals surface area (Å²) in [4.78, 5) is 16.0. The van der Waals surface area contributed by atoms with Gasteiger partial charge in [0.25, 0.3) is 5.91 Å². The van der Waals surface area contributed by atoms with Gasteiger partial charge in [-0.2, -0.15) is 0 Å². The smallest absolute Gasteiger partial charge is 0.257 e. The molecule has 0 spiro atoms. The Bertz CT molecular complexity index is 754. The van der Waals surface area contributed by atoms with Crippen LogP contribution in [0.5, 0.6) is 0 Å². The molecule has 0 aliphatic rings. The molecule has 0 bridgehead atoms. The minimum atomic E-state index is -3.81. The molecule has 0 radical (unpaired) electrons. The van der Waals surface area contributed by atoms with Crippen LogP contribution < -0.4 is 10.5 Å².